The molecular weight excluding hydrogens is 290 g/mol. The third-order valence-corrected chi connectivity index (χ3v) is 4.27. The molecule has 0 aliphatic rings. The number of rotatable bonds is 4. The number of H-pyrrole nitrogens is 1. The standard InChI is InChI=1S/C17H21N5O/c1-11-5-7-13(8-6-11)12(2)21(3)10-15-19-16-14(17(23)20-15)9-18-22(16)4/h5-9,12H,10H2,1-4H3,(H,19,20,23). The predicted octanol–water partition coefficient (Wildman–Crippen LogP) is 2.16. The maximum absolute atomic E-state index is 12.1. The molecule has 0 spiro atoms. The first-order valence-electron chi connectivity index (χ1n) is 7.63. The van der Waals surface area contributed by atoms with Gasteiger partial charge in [0, 0.05) is 13.1 Å². The van der Waals surface area contributed by atoms with Gasteiger partial charge in [-0.2, -0.15) is 5.10 Å². The smallest absolute Gasteiger partial charge is 0.262 e. The molecule has 23 heavy (non-hydrogen) atoms. The topological polar surface area (TPSA) is 66.8 Å². The Morgan fingerprint density at radius 2 is 2.00 bits per heavy atom. The lowest BCUT2D eigenvalue weighted by Gasteiger charge is -2.24. The van der Waals surface area contributed by atoms with Crippen LogP contribution in [0.1, 0.15) is 29.9 Å². The SMILES string of the molecule is Cc1ccc(C(C)N(C)Cc2nc3c(cnn3C)c(=O)[nH]2)cc1. The minimum atomic E-state index is -0.144. The Bertz CT molecular complexity index is 878. The Kier molecular flexibility index (Phi) is 4.00. The van der Waals surface area contributed by atoms with Gasteiger partial charge in [-0.1, -0.05) is 29.8 Å². The first-order valence-corrected chi connectivity index (χ1v) is 7.63. The number of hydrogen-bond donors (Lipinski definition) is 1. The van der Waals surface area contributed by atoms with Crippen molar-refractivity contribution in [2.75, 3.05) is 7.05 Å². The molecule has 0 radical (unpaired) electrons. The van der Waals surface area contributed by atoms with Crippen molar-refractivity contribution in [3.05, 3.63) is 57.8 Å². The average molecular weight is 311 g/mol. The summed E-state index contributed by atoms with van der Waals surface area (Å²) in [5.74, 6) is 0.646. The van der Waals surface area contributed by atoms with E-state index in [1.165, 1.54) is 11.1 Å². The van der Waals surface area contributed by atoms with Crippen LogP contribution in [0.25, 0.3) is 11.0 Å². The summed E-state index contributed by atoms with van der Waals surface area (Å²) in [7, 11) is 3.81. The van der Waals surface area contributed by atoms with E-state index in [2.05, 4.69) is 58.1 Å². The maximum atomic E-state index is 12.1. The van der Waals surface area contributed by atoms with Crippen molar-refractivity contribution in [3.8, 4) is 0 Å². The van der Waals surface area contributed by atoms with E-state index in [0.29, 0.717) is 23.4 Å². The van der Waals surface area contributed by atoms with Gasteiger partial charge in [-0.15, -0.1) is 0 Å². The van der Waals surface area contributed by atoms with Gasteiger partial charge < -0.3 is 4.98 Å². The van der Waals surface area contributed by atoms with E-state index in [1.54, 1.807) is 17.9 Å². The first kappa shape index (κ1) is 15.4. The summed E-state index contributed by atoms with van der Waals surface area (Å²) in [6.45, 7) is 4.78. The quantitative estimate of drug-likeness (QED) is 0.802. The molecule has 6 nitrogen and oxygen atoms in total. The number of fused-ring (bicyclic) bond motifs is 1. The highest BCUT2D eigenvalue weighted by Gasteiger charge is 2.14. The second-order valence-corrected chi connectivity index (χ2v) is 6.02. The summed E-state index contributed by atoms with van der Waals surface area (Å²) in [5, 5.41) is 4.61. The van der Waals surface area contributed by atoms with Gasteiger partial charge in [0.25, 0.3) is 5.56 Å². The minimum Gasteiger partial charge on any atom is -0.309 e. The van der Waals surface area contributed by atoms with Crippen molar-refractivity contribution in [2.45, 2.75) is 26.4 Å². The molecule has 1 unspecified atom stereocenters. The molecule has 2 heterocycles. The summed E-state index contributed by atoms with van der Waals surface area (Å²) in [4.78, 5) is 21.6. The molecule has 120 valence electrons. The number of aryl methyl sites for hydroxylation is 2. The Morgan fingerprint density at radius 3 is 2.70 bits per heavy atom. The van der Waals surface area contributed by atoms with Crippen molar-refractivity contribution in [3.63, 3.8) is 0 Å². The lowest BCUT2D eigenvalue weighted by Crippen LogP contribution is -2.25. The minimum absolute atomic E-state index is 0.144. The third kappa shape index (κ3) is 3.03. The van der Waals surface area contributed by atoms with Crippen LogP contribution in [0.4, 0.5) is 0 Å². The van der Waals surface area contributed by atoms with Crippen molar-refractivity contribution in [1.29, 1.82) is 0 Å². The summed E-state index contributed by atoms with van der Waals surface area (Å²) in [6.07, 6.45) is 1.55. The van der Waals surface area contributed by atoms with Crippen molar-refractivity contribution in [2.24, 2.45) is 7.05 Å². The van der Waals surface area contributed by atoms with Gasteiger partial charge >= 0.3 is 0 Å². The largest absolute Gasteiger partial charge is 0.309 e. The third-order valence-electron chi connectivity index (χ3n) is 4.27. The van der Waals surface area contributed by atoms with Crippen LogP contribution < -0.4 is 5.56 Å². The zero-order valence-corrected chi connectivity index (χ0v) is 13.9. The Morgan fingerprint density at radius 1 is 1.30 bits per heavy atom. The molecule has 0 amide bonds. The molecule has 6 heteroatoms. The summed E-state index contributed by atoms with van der Waals surface area (Å²) in [5.41, 5.74) is 2.95. The lowest BCUT2D eigenvalue weighted by molar-refractivity contribution is 0.247. The average Bonchev–Trinajstić information content (AvgIpc) is 2.89. The summed E-state index contributed by atoms with van der Waals surface area (Å²) >= 11 is 0. The van der Waals surface area contributed by atoms with E-state index in [4.69, 9.17) is 0 Å². The number of nitrogens with zero attached hydrogens (tertiary/aromatic N) is 4. The van der Waals surface area contributed by atoms with Crippen LogP contribution in [0.3, 0.4) is 0 Å². The molecule has 0 fully saturated rings. The van der Waals surface area contributed by atoms with E-state index in [0.717, 1.165) is 0 Å². The zero-order valence-electron chi connectivity index (χ0n) is 13.9. The van der Waals surface area contributed by atoms with Crippen molar-refractivity contribution >= 4 is 11.0 Å². The highest BCUT2D eigenvalue weighted by molar-refractivity contribution is 5.72. The molecule has 0 aliphatic heterocycles. The normalized spacial score (nSPS) is 12.9. The molecular formula is C17H21N5O. The number of hydrogen-bond acceptors (Lipinski definition) is 4. The zero-order chi connectivity index (χ0) is 16.6. The molecule has 1 aromatic carbocycles. The fraction of sp³-hybridized carbons (Fsp3) is 0.353. The molecule has 2 aromatic heterocycles. The van der Waals surface area contributed by atoms with Gasteiger partial charge in [0.2, 0.25) is 0 Å². The predicted molar refractivity (Wildman–Crippen MR) is 90.2 cm³/mol. The summed E-state index contributed by atoms with van der Waals surface area (Å²) < 4.78 is 1.62. The van der Waals surface area contributed by atoms with Crippen LogP contribution in [-0.2, 0) is 13.6 Å². The van der Waals surface area contributed by atoms with Gasteiger partial charge in [0.05, 0.1) is 12.7 Å². The molecule has 1 atom stereocenters. The monoisotopic (exact) mass is 311 g/mol. The highest BCUT2D eigenvalue weighted by atomic mass is 16.1. The number of benzene rings is 1. The molecule has 0 saturated carbocycles. The molecule has 0 aliphatic carbocycles. The first-order chi connectivity index (χ1) is 11.0. The molecule has 0 bridgehead atoms. The van der Waals surface area contributed by atoms with Crippen molar-refractivity contribution in [1.82, 2.24) is 24.6 Å². The molecule has 3 aromatic rings. The Labute approximate surface area is 134 Å². The van der Waals surface area contributed by atoms with Gasteiger partial charge in [-0.05, 0) is 26.5 Å². The van der Waals surface area contributed by atoms with Crippen LogP contribution in [0.2, 0.25) is 0 Å². The Balaban J connectivity index is 1.84. The Hall–Kier alpha value is -2.47. The second-order valence-electron chi connectivity index (χ2n) is 6.02. The maximum Gasteiger partial charge on any atom is 0.262 e. The molecule has 0 saturated heterocycles. The van der Waals surface area contributed by atoms with Gasteiger partial charge in [-0.3, -0.25) is 14.4 Å². The van der Waals surface area contributed by atoms with Gasteiger partial charge in [-0.25, -0.2) is 4.98 Å². The van der Waals surface area contributed by atoms with Crippen LogP contribution in [0.15, 0.2) is 35.3 Å². The van der Waals surface area contributed by atoms with E-state index in [-0.39, 0.29) is 11.6 Å². The highest BCUT2D eigenvalue weighted by Crippen LogP contribution is 2.20. The van der Waals surface area contributed by atoms with E-state index in [9.17, 15) is 4.79 Å². The molecule has 3 rings (SSSR count). The van der Waals surface area contributed by atoms with E-state index in [1.807, 2.05) is 7.05 Å². The fourth-order valence-electron chi connectivity index (χ4n) is 2.63. The van der Waals surface area contributed by atoms with E-state index < -0.39 is 0 Å². The number of nitrogens with one attached hydrogen (secondary N) is 1. The van der Waals surface area contributed by atoms with E-state index >= 15 is 0 Å². The second kappa shape index (κ2) is 5.96. The summed E-state index contributed by atoms with van der Waals surface area (Å²) in [6, 6.07) is 8.72. The van der Waals surface area contributed by atoms with Gasteiger partial charge in [0.1, 0.15) is 11.2 Å². The van der Waals surface area contributed by atoms with Crippen LogP contribution in [0, 0.1) is 6.92 Å². The van der Waals surface area contributed by atoms with Crippen molar-refractivity contribution < 1.29 is 0 Å². The van der Waals surface area contributed by atoms with Crippen LogP contribution in [-0.4, -0.2) is 31.7 Å². The molecule has 1 N–H and O–H groups in total. The fourth-order valence-corrected chi connectivity index (χ4v) is 2.63. The lowest BCUT2D eigenvalue weighted by atomic mass is 10.1. The van der Waals surface area contributed by atoms with Gasteiger partial charge in [0.15, 0.2) is 5.65 Å². The number of aromatic amines is 1. The van der Waals surface area contributed by atoms with Crippen LogP contribution in [0.5, 0.6) is 0 Å². The van der Waals surface area contributed by atoms with Crippen LogP contribution >= 0.6 is 0 Å². The number of aromatic nitrogens is 4.